The molecule has 4 heteroatoms. The van der Waals surface area contributed by atoms with Crippen molar-refractivity contribution in [1.82, 2.24) is 0 Å². The van der Waals surface area contributed by atoms with Crippen molar-refractivity contribution in [1.29, 1.82) is 0 Å². The Hall–Kier alpha value is 1.87. The minimum atomic E-state index is 0. The summed E-state index contributed by atoms with van der Waals surface area (Å²) in [6.07, 6.45) is 0. The van der Waals surface area contributed by atoms with Gasteiger partial charge in [0.15, 0.2) is 0 Å². The molecule has 0 unspecified atom stereocenters. The Morgan fingerprint density at radius 1 is 1.00 bits per heavy atom. The zero-order valence-electron chi connectivity index (χ0n) is 2.23. The van der Waals surface area contributed by atoms with Crippen molar-refractivity contribution >= 4 is 13.5 Å². The second kappa shape index (κ2) is 20.9. The van der Waals surface area contributed by atoms with Gasteiger partial charge in [0.2, 0.25) is 0 Å². The predicted molar refractivity (Wildman–Crippen MR) is 8.05 cm³/mol. The fraction of sp³-hybridized carbons (Fsp3) is 0. The van der Waals surface area contributed by atoms with Crippen LogP contribution in [0.25, 0.3) is 0 Å². The first kappa shape index (κ1) is 39.8. The van der Waals surface area contributed by atoms with E-state index in [0.717, 1.165) is 0 Å². The third-order valence-electron chi connectivity index (χ3n) is 0. The molecule has 0 aromatic carbocycles. The van der Waals surface area contributed by atoms with Crippen molar-refractivity contribution in [2.24, 2.45) is 0 Å². The summed E-state index contributed by atoms with van der Waals surface area (Å²) in [5, 5.41) is 0. The van der Waals surface area contributed by atoms with Gasteiger partial charge in [-0.3, -0.25) is 0 Å². The SMILES string of the molecule is [Hg+2].[O-2].[S-2].[Zn+2]. The van der Waals surface area contributed by atoms with Crippen LogP contribution in [0.5, 0.6) is 0 Å². The van der Waals surface area contributed by atoms with Crippen molar-refractivity contribution in [3.8, 4) is 0 Å². The maximum absolute atomic E-state index is 0. The molecule has 0 aromatic rings. The summed E-state index contributed by atoms with van der Waals surface area (Å²) in [7, 11) is 0. The first-order chi connectivity index (χ1) is 0. The zero-order valence-corrected chi connectivity index (χ0v) is 11.5. The number of hydrogen-bond donors (Lipinski definition) is 0. The normalized spacial score (nSPS) is 0. The van der Waals surface area contributed by atoms with E-state index in [1.165, 1.54) is 0 Å². The quantitative estimate of drug-likeness (QED) is 0.558. The van der Waals surface area contributed by atoms with Crippen LogP contribution in [0.1, 0.15) is 0 Å². The summed E-state index contributed by atoms with van der Waals surface area (Å²) in [4.78, 5) is 0. The Morgan fingerprint density at radius 2 is 1.00 bits per heavy atom. The van der Waals surface area contributed by atoms with Crippen molar-refractivity contribution in [2.45, 2.75) is 0 Å². The first-order valence-electron chi connectivity index (χ1n) is 0. The largest absolute Gasteiger partial charge is 2.00 e. The van der Waals surface area contributed by atoms with Gasteiger partial charge in [0.1, 0.15) is 0 Å². The van der Waals surface area contributed by atoms with Crippen LogP contribution in [-0.2, 0) is 66.1 Å². The standard InChI is InChI=1S/Hg.O.S.Zn/q+2;2*-2;+2. The molecule has 0 radical (unpaired) electrons. The van der Waals surface area contributed by atoms with Crippen molar-refractivity contribution in [2.75, 3.05) is 0 Å². The van der Waals surface area contributed by atoms with Gasteiger partial charge in [-0.05, 0) is 0 Å². The number of hydrogen-bond acceptors (Lipinski definition) is 0. The maximum atomic E-state index is 0. The summed E-state index contributed by atoms with van der Waals surface area (Å²) in [5.41, 5.74) is 0. The smallest absolute Gasteiger partial charge is 2.00 e. The fourth-order valence-electron chi connectivity index (χ4n) is 0. The molecule has 0 spiro atoms. The van der Waals surface area contributed by atoms with E-state index >= 15 is 0 Å². The topological polar surface area (TPSA) is 28.5 Å². The maximum Gasteiger partial charge on any atom is 2.00 e. The Morgan fingerprint density at radius 3 is 1.00 bits per heavy atom. The minimum absolute atomic E-state index is 0. The van der Waals surface area contributed by atoms with Crippen LogP contribution in [0.2, 0.25) is 0 Å². The van der Waals surface area contributed by atoms with Crippen molar-refractivity contribution in [3.63, 3.8) is 0 Å². The molecule has 0 aliphatic carbocycles. The monoisotopic (exact) mass is 314 g/mol. The number of rotatable bonds is 0. The van der Waals surface area contributed by atoms with Gasteiger partial charge in [-0.2, -0.15) is 0 Å². The van der Waals surface area contributed by atoms with E-state index in [-0.39, 0.29) is 66.1 Å². The molecular formula is HgOSZn. The van der Waals surface area contributed by atoms with E-state index < -0.39 is 0 Å². The van der Waals surface area contributed by atoms with Crippen molar-refractivity contribution in [3.05, 3.63) is 0 Å². The zero-order chi connectivity index (χ0) is 0. The van der Waals surface area contributed by atoms with E-state index in [4.69, 9.17) is 0 Å². The van der Waals surface area contributed by atoms with E-state index in [2.05, 4.69) is 0 Å². The molecule has 0 atom stereocenters. The van der Waals surface area contributed by atoms with Crippen LogP contribution in [0, 0.1) is 0 Å². The summed E-state index contributed by atoms with van der Waals surface area (Å²) < 4.78 is 0. The molecule has 0 fully saturated rings. The van der Waals surface area contributed by atoms with Gasteiger partial charge in [0, 0.05) is 0 Å². The average molecular weight is 314 g/mol. The summed E-state index contributed by atoms with van der Waals surface area (Å²) >= 11 is 0. The Bertz CT molecular complexity index is 8.00. The average Bonchev–Trinajstić information content (AvgIpc) is 0. The molecule has 16 valence electrons. The molecule has 4 heavy (non-hydrogen) atoms. The van der Waals surface area contributed by atoms with Gasteiger partial charge >= 0.3 is 47.1 Å². The molecule has 0 rings (SSSR count). The van der Waals surface area contributed by atoms with Crippen LogP contribution in [0.15, 0.2) is 0 Å². The van der Waals surface area contributed by atoms with Crippen LogP contribution in [0.3, 0.4) is 0 Å². The van der Waals surface area contributed by atoms with Gasteiger partial charge in [-0.25, -0.2) is 0 Å². The minimum Gasteiger partial charge on any atom is -2.00 e. The van der Waals surface area contributed by atoms with Crippen LogP contribution < -0.4 is 0 Å². The van der Waals surface area contributed by atoms with Crippen LogP contribution in [-0.4, -0.2) is 0 Å². The van der Waals surface area contributed by atoms with Crippen LogP contribution >= 0.6 is 0 Å². The predicted octanol–water partition coefficient (Wildman–Crippen LogP) is -0.126. The van der Waals surface area contributed by atoms with E-state index in [9.17, 15) is 0 Å². The molecule has 1 nitrogen and oxygen atoms in total. The molecule has 0 N–H and O–H groups in total. The van der Waals surface area contributed by atoms with Gasteiger partial charge in [-0.1, -0.05) is 0 Å². The Kier molecular flexibility index (Phi) is 208. The molecular weight excluding hydrogens is 314 g/mol. The second-order valence-electron chi connectivity index (χ2n) is 0. The van der Waals surface area contributed by atoms with Crippen molar-refractivity contribution < 1.29 is 52.6 Å². The Labute approximate surface area is 65.6 Å². The third-order valence-corrected chi connectivity index (χ3v) is 0. The molecule has 0 heterocycles. The summed E-state index contributed by atoms with van der Waals surface area (Å²) in [6.45, 7) is 0. The Balaban J connectivity index is 0. The second-order valence-corrected chi connectivity index (χ2v) is 0. The molecule has 0 bridgehead atoms. The van der Waals surface area contributed by atoms with E-state index in [0.29, 0.717) is 0 Å². The van der Waals surface area contributed by atoms with Gasteiger partial charge in [0.25, 0.3) is 0 Å². The third kappa shape index (κ3) is 9.12. The van der Waals surface area contributed by atoms with E-state index in [1.54, 1.807) is 0 Å². The van der Waals surface area contributed by atoms with Gasteiger partial charge in [-0.15, -0.1) is 0 Å². The van der Waals surface area contributed by atoms with Crippen LogP contribution in [0.4, 0.5) is 0 Å². The summed E-state index contributed by atoms with van der Waals surface area (Å²) in [6, 6.07) is 0. The molecule has 0 saturated heterocycles. The molecule has 0 aliphatic rings. The molecule has 0 aliphatic heterocycles. The van der Waals surface area contributed by atoms with E-state index in [1.807, 2.05) is 0 Å². The molecule has 0 aromatic heterocycles. The van der Waals surface area contributed by atoms with Gasteiger partial charge < -0.3 is 19.0 Å². The summed E-state index contributed by atoms with van der Waals surface area (Å²) in [5.74, 6) is 0. The van der Waals surface area contributed by atoms with Gasteiger partial charge in [0.05, 0.1) is 0 Å². The first-order valence-corrected chi connectivity index (χ1v) is 0. The fourth-order valence-corrected chi connectivity index (χ4v) is 0. The molecule has 0 saturated carbocycles. The molecule has 0 amide bonds.